The molecule has 3 nitrogen and oxygen atoms in total. The van der Waals surface area contributed by atoms with E-state index in [1.165, 1.54) is 16.7 Å². The smallest absolute Gasteiger partial charge is 0.227 e. The summed E-state index contributed by atoms with van der Waals surface area (Å²) in [6.45, 7) is 4.44. The first-order chi connectivity index (χ1) is 12.7. The van der Waals surface area contributed by atoms with Gasteiger partial charge in [-0.15, -0.1) is 0 Å². The molecule has 1 fully saturated rings. The highest BCUT2D eigenvalue weighted by molar-refractivity contribution is 6.30. The molecule has 2 aromatic carbocycles. The van der Waals surface area contributed by atoms with Crippen LogP contribution in [0.2, 0.25) is 5.02 Å². The van der Waals surface area contributed by atoms with Gasteiger partial charge in [-0.25, -0.2) is 0 Å². The summed E-state index contributed by atoms with van der Waals surface area (Å²) in [4.78, 5) is 17.6. The molecule has 2 aromatic rings. The third-order valence-corrected chi connectivity index (χ3v) is 5.87. The number of halogens is 1. The fourth-order valence-corrected chi connectivity index (χ4v) is 4.32. The van der Waals surface area contributed by atoms with Crippen LogP contribution in [0, 0.1) is 5.92 Å². The molecule has 2 heterocycles. The standard InChI is InChI=1S/C22H25ClN2O/c23-21-9-7-17(8-10-21)14-24-12-3-6-20(15-24)22(26)25-13-11-18-4-1-2-5-19(18)16-25/h1-2,4-5,7-10,20H,3,6,11-16H2. The lowest BCUT2D eigenvalue weighted by atomic mass is 9.93. The van der Waals surface area contributed by atoms with Crippen molar-refractivity contribution in [3.8, 4) is 0 Å². The highest BCUT2D eigenvalue weighted by Crippen LogP contribution is 2.25. The molecule has 0 aromatic heterocycles. The highest BCUT2D eigenvalue weighted by Gasteiger charge is 2.30. The zero-order valence-electron chi connectivity index (χ0n) is 15.0. The molecule has 26 heavy (non-hydrogen) atoms. The number of hydrogen-bond acceptors (Lipinski definition) is 2. The molecule has 2 aliphatic heterocycles. The number of rotatable bonds is 3. The van der Waals surface area contributed by atoms with Gasteiger partial charge in [-0.05, 0) is 54.6 Å². The van der Waals surface area contributed by atoms with Crippen molar-refractivity contribution in [2.45, 2.75) is 32.4 Å². The maximum Gasteiger partial charge on any atom is 0.227 e. The predicted molar refractivity (Wildman–Crippen MR) is 105 cm³/mol. The molecular weight excluding hydrogens is 344 g/mol. The fourth-order valence-electron chi connectivity index (χ4n) is 4.19. The van der Waals surface area contributed by atoms with Crippen molar-refractivity contribution in [1.29, 1.82) is 0 Å². The van der Waals surface area contributed by atoms with Crippen LogP contribution in [0.15, 0.2) is 48.5 Å². The summed E-state index contributed by atoms with van der Waals surface area (Å²) >= 11 is 5.98. The third kappa shape index (κ3) is 3.94. The van der Waals surface area contributed by atoms with E-state index in [2.05, 4.69) is 46.2 Å². The van der Waals surface area contributed by atoms with Crippen molar-refractivity contribution in [2.24, 2.45) is 5.92 Å². The number of amides is 1. The molecule has 0 bridgehead atoms. The van der Waals surface area contributed by atoms with Crippen molar-refractivity contribution in [3.63, 3.8) is 0 Å². The largest absolute Gasteiger partial charge is 0.338 e. The Morgan fingerprint density at radius 2 is 1.81 bits per heavy atom. The Labute approximate surface area is 160 Å². The third-order valence-electron chi connectivity index (χ3n) is 5.62. The number of piperidine rings is 1. The van der Waals surface area contributed by atoms with E-state index < -0.39 is 0 Å². The Kier molecular flexibility index (Phi) is 5.28. The molecule has 1 amide bonds. The van der Waals surface area contributed by atoms with Crippen LogP contribution in [0.3, 0.4) is 0 Å². The summed E-state index contributed by atoms with van der Waals surface area (Å²) in [7, 11) is 0. The summed E-state index contributed by atoms with van der Waals surface area (Å²) in [5, 5.41) is 0.769. The molecule has 0 radical (unpaired) electrons. The van der Waals surface area contributed by atoms with Gasteiger partial charge in [0.2, 0.25) is 5.91 Å². The van der Waals surface area contributed by atoms with Crippen LogP contribution in [-0.4, -0.2) is 35.3 Å². The van der Waals surface area contributed by atoms with E-state index in [1.54, 1.807) is 0 Å². The maximum atomic E-state index is 13.1. The molecule has 2 aliphatic rings. The second kappa shape index (κ2) is 7.81. The number of carbonyl (C=O) groups excluding carboxylic acids is 1. The predicted octanol–water partition coefficient (Wildman–Crippen LogP) is 4.14. The zero-order chi connectivity index (χ0) is 17.9. The molecule has 1 atom stereocenters. The van der Waals surface area contributed by atoms with E-state index >= 15 is 0 Å². The van der Waals surface area contributed by atoms with Gasteiger partial charge < -0.3 is 4.90 Å². The molecule has 0 aliphatic carbocycles. The number of nitrogens with zero attached hydrogens (tertiary/aromatic N) is 2. The second-order valence-electron chi connectivity index (χ2n) is 7.48. The van der Waals surface area contributed by atoms with Crippen molar-refractivity contribution in [1.82, 2.24) is 9.80 Å². The van der Waals surface area contributed by atoms with Gasteiger partial charge in [-0.3, -0.25) is 9.69 Å². The van der Waals surface area contributed by atoms with Crippen LogP contribution < -0.4 is 0 Å². The van der Waals surface area contributed by atoms with Gasteiger partial charge in [0.25, 0.3) is 0 Å². The molecule has 0 N–H and O–H groups in total. The van der Waals surface area contributed by atoms with Crippen LogP contribution in [-0.2, 0) is 24.3 Å². The van der Waals surface area contributed by atoms with Gasteiger partial charge in [-0.1, -0.05) is 48.0 Å². The lowest BCUT2D eigenvalue weighted by Gasteiger charge is -2.36. The van der Waals surface area contributed by atoms with Gasteiger partial charge in [0, 0.05) is 31.2 Å². The molecule has 1 saturated heterocycles. The number of hydrogen-bond donors (Lipinski definition) is 0. The van der Waals surface area contributed by atoms with E-state index in [1.807, 2.05) is 12.1 Å². The van der Waals surface area contributed by atoms with Gasteiger partial charge >= 0.3 is 0 Å². The van der Waals surface area contributed by atoms with Gasteiger partial charge in [0.15, 0.2) is 0 Å². The average molecular weight is 369 g/mol. The van der Waals surface area contributed by atoms with Crippen molar-refractivity contribution < 1.29 is 4.79 Å². The number of fused-ring (bicyclic) bond motifs is 1. The van der Waals surface area contributed by atoms with E-state index in [-0.39, 0.29) is 5.92 Å². The monoisotopic (exact) mass is 368 g/mol. The van der Waals surface area contributed by atoms with Crippen molar-refractivity contribution in [3.05, 3.63) is 70.2 Å². The van der Waals surface area contributed by atoms with Crippen molar-refractivity contribution >= 4 is 17.5 Å². The van der Waals surface area contributed by atoms with Crippen LogP contribution in [0.25, 0.3) is 0 Å². The first-order valence-electron chi connectivity index (χ1n) is 9.51. The summed E-state index contributed by atoms with van der Waals surface area (Å²) in [6.07, 6.45) is 3.08. The quantitative estimate of drug-likeness (QED) is 0.813. The zero-order valence-corrected chi connectivity index (χ0v) is 15.8. The van der Waals surface area contributed by atoms with Crippen LogP contribution in [0.1, 0.15) is 29.5 Å². The topological polar surface area (TPSA) is 23.6 Å². The Hall–Kier alpha value is -1.84. The molecule has 1 unspecified atom stereocenters. The molecular formula is C22H25ClN2O. The summed E-state index contributed by atoms with van der Waals surface area (Å²) < 4.78 is 0. The molecule has 4 heteroatoms. The first-order valence-corrected chi connectivity index (χ1v) is 9.89. The highest BCUT2D eigenvalue weighted by atomic mass is 35.5. The van der Waals surface area contributed by atoms with E-state index in [0.29, 0.717) is 5.91 Å². The van der Waals surface area contributed by atoms with Gasteiger partial charge in [0.1, 0.15) is 0 Å². The normalized spacial score (nSPS) is 20.7. The minimum atomic E-state index is 0.126. The Bertz CT molecular complexity index is 774. The van der Waals surface area contributed by atoms with E-state index in [4.69, 9.17) is 11.6 Å². The Balaban J connectivity index is 1.38. The van der Waals surface area contributed by atoms with E-state index in [0.717, 1.165) is 57.0 Å². The van der Waals surface area contributed by atoms with Gasteiger partial charge in [0.05, 0.1) is 5.92 Å². The number of benzene rings is 2. The Morgan fingerprint density at radius 3 is 2.62 bits per heavy atom. The first kappa shape index (κ1) is 17.6. The lowest BCUT2D eigenvalue weighted by Crippen LogP contribution is -2.46. The van der Waals surface area contributed by atoms with Crippen molar-refractivity contribution in [2.75, 3.05) is 19.6 Å². The number of carbonyl (C=O) groups is 1. The van der Waals surface area contributed by atoms with Gasteiger partial charge in [-0.2, -0.15) is 0 Å². The maximum absolute atomic E-state index is 13.1. The fraction of sp³-hybridized carbons (Fsp3) is 0.409. The number of likely N-dealkylation sites (tertiary alicyclic amines) is 1. The summed E-state index contributed by atoms with van der Waals surface area (Å²) in [6, 6.07) is 16.5. The minimum absolute atomic E-state index is 0.126. The van der Waals surface area contributed by atoms with Crippen LogP contribution >= 0.6 is 11.6 Å². The second-order valence-corrected chi connectivity index (χ2v) is 7.92. The molecule has 136 valence electrons. The summed E-state index contributed by atoms with van der Waals surface area (Å²) in [5.74, 6) is 0.460. The SMILES string of the molecule is O=C(C1CCCN(Cc2ccc(Cl)cc2)C1)N1CCc2ccccc2C1. The summed E-state index contributed by atoms with van der Waals surface area (Å²) in [5.41, 5.74) is 3.96. The van der Waals surface area contributed by atoms with Crippen LogP contribution in [0.5, 0.6) is 0 Å². The Morgan fingerprint density at radius 1 is 1.04 bits per heavy atom. The lowest BCUT2D eigenvalue weighted by molar-refractivity contribution is -0.138. The van der Waals surface area contributed by atoms with E-state index in [9.17, 15) is 4.79 Å². The average Bonchev–Trinajstić information content (AvgIpc) is 2.69. The molecule has 0 saturated carbocycles. The minimum Gasteiger partial charge on any atom is -0.338 e. The van der Waals surface area contributed by atoms with Crippen LogP contribution in [0.4, 0.5) is 0 Å². The molecule has 4 rings (SSSR count). The molecule has 0 spiro atoms.